The summed E-state index contributed by atoms with van der Waals surface area (Å²) >= 11 is 2.09. The largest absolute Gasteiger partial charge is 0.343 e. The maximum atomic E-state index is 12.2. The average Bonchev–Trinajstić information content (AvgIpc) is 2.77. The molecule has 0 saturated heterocycles. The van der Waals surface area contributed by atoms with E-state index in [2.05, 4.69) is 56.6 Å². The van der Waals surface area contributed by atoms with Crippen molar-refractivity contribution >= 4 is 62.2 Å². The lowest BCUT2D eigenvalue weighted by atomic mass is 9.97. The van der Waals surface area contributed by atoms with Gasteiger partial charge >= 0.3 is 0 Å². The number of carbonyl (C=O) groups is 2. The normalized spacial score (nSPS) is 11.1. The predicted molar refractivity (Wildman–Crippen MR) is 129 cm³/mol. The number of hydrogen-bond acceptors (Lipinski definition) is 3. The molecule has 0 aliphatic carbocycles. The average molecular weight is 507 g/mol. The molecule has 0 fully saturated rings. The summed E-state index contributed by atoms with van der Waals surface area (Å²) in [7, 11) is 0. The summed E-state index contributed by atoms with van der Waals surface area (Å²) in [5.74, 6) is -0.686. The molecule has 0 atom stereocenters. The van der Waals surface area contributed by atoms with Crippen molar-refractivity contribution in [2.24, 2.45) is 5.10 Å². The first kappa shape index (κ1) is 20.0. The highest BCUT2D eigenvalue weighted by molar-refractivity contribution is 14.1. The van der Waals surface area contributed by atoms with Crippen molar-refractivity contribution in [2.75, 3.05) is 6.54 Å². The Morgan fingerprint density at radius 2 is 1.47 bits per heavy atom. The molecule has 0 unspecified atom stereocenters. The SMILES string of the molecule is O=C(CNC(=O)c1ccccc1I)NN=Cc1c2ccccc2cc2ccccc12. The van der Waals surface area contributed by atoms with Crippen LogP contribution in [0.1, 0.15) is 15.9 Å². The molecule has 4 aromatic rings. The maximum absolute atomic E-state index is 12.2. The van der Waals surface area contributed by atoms with E-state index in [0.29, 0.717) is 5.56 Å². The summed E-state index contributed by atoms with van der Waals surface area (Å²) in [6, 6.07) is 25.5. The fourth-order valence-electron chi connectivity index (χ4n) is 3.30. The third-order valence-corrected chi connectivity index (χ3v) is 5.66. The molecule has 0 spiro atoms. The van der Waals surface area contributed by atoms with Crippen molar-refractivity contribution in [3.63, 3.8) is 0 Å². The molecule has 0 aromatic heterocycles. The summed E-state index contributed by atoms with van der Waals surface area (Å²) in [6.07, 6.45) is 1.66. The standard InChI is InChI=1S/C24H18IN3O2/c25-22-12-6-5-11-20(22)24(30)26-15-23(29)28-27-14-21-18-9-3-1-7-16(18)13-17-8-2-4-10-19(17)21/h1-14H,15H2,(H,26,30)(H,28,29). The van der Waals surface area contributed by atoms with Crippen LogP contribution in [-0.2, 0) is 4.79 Å². The summed E-state index contributed by atoms with van der Waals surface area (Å²) in [5.41, 5.74) is 3.97. The zero-order chi connectivity index (χ0) is 20.9. The molecule has 0 aliphatic heterocycles. The zero-order valence-electron chi connectivity index (χ0n) is 15.9. The molecule has 2 amide bonds. The molecule has 4 aromatic carbocycles. The number of nitrogens with one attached hydrogen (secondary N) is 2. The van der Waals surface area contributed by atoms with Gasteiger partial charge in [0.2, 0.25) is 0 Å². The Hall–Kier alpha value is -3.26. The predicted octanol–water partition coefficient (Wildman–Crippen LogP) is 4.48. The third-order valence-electron chi connectivity index (χ3n) is 4.72. The number of hydrazone groups is 1. The van der Waals surface area contributed by atoms with Crippen LogP contribution >= 0.6 is 22.6 Å². The van der Waals surface area contributed by atoms with Gasteiger partial charge in [0.05, 0.1) is 18.3 Å². The molecule has 4 rings (SSSR count). The second-order valence-electron chi connectivity index (χ2n) is 6.69. The summed E-state index contributed by atoms with van der Waals surface area (Å²) in [5, 5.41) is 11.1. The van der Waals surface area contributed by atoms with E-state index in [9.17, 15) is 9.59 Å². The van der Waals surface area contributed by atoms with Crippen LogP contribution in [0.5, 0.6) is 0 Å². The van der Waals surface area contributed by atoms with E-state index in [0.717, 1.165) is 30.7 Å². The van der Waals surface area contributed by atoms with Crippen molar-refractivity contribution in [1.29, 1.82) is 0 Å². The minimum Gasteiger partial charge on any atom is -0.343 e. The third kappa shape index (κ3) is 4.33. The summed E-state index contributed by atoms with van der Waals surface area (Å²) in [4.78, 5) is 24.4. The highest BCUT2D eigenvalue weighted by atomic mass is 127. The molecular weight excluding hydrogens is 489 g/mol. The van der Waals surface area contributed by atoms with Gasteiger partial charge in [0.15, 0.2) is 0 Å². The second kappa shape index (κ2) is 9.04. The Morgan fingerprint density at radius 1 is 0.867 bits per heavy atom. The lowest BCUT2D eigenvalue weighted by Crippen LogP contribution is -2.35. The van der Waals surface area contributed by atoms with Gasteiger partial charge in [-0.1, -0.05) is 60.7 Å². The smallest absolute Gasteiger partial charge is 0.259 e. The van der Waals surface area contributed by atoms with Crippen LogP contribution in [0.25, 0.3) is 21.5 Å². The zero-order valence-corrected chi connectivity index (χ0v) is 18.1. The number of fused-ring (bicyclic) bond motifs is 2. The lowest BCUT2D eigenvalue weighted by Gasteiger charge is -2.08. The molecule has 0 heterocycles. The van der Waals surface area contributed by atoms with Crippen LogP contribution in [0.2, 0.25) is 0 Å². The van der Waals surface area contributed by atoms with E-state index in [1.54, 1.807) is 18.3 Å². The highest BCUT2D eigenvalue weighted by Gasteiger charge is 2.10. The Bertz CT molecular complexity index is 1230. The van der Waals surface area contributed by atoms with Gasteiger partial charge in [-0.25, -0.2) is 5.43 Å². The molecule has 0 bridgehead atoms. The maximum Gasteiger partial charge on any atom is 0.259 e. The Labute approximate surface area is 187 Å². The van der Waals surface area contributed by atoms with Gasteiger partial charge in [0, 0.05) is 9.13 Å². The van der Waals surface area contributed by atoms with E-state index in [1.807, 2.05) is 48.5 Å². The van der Waals surface area contributed by atoms with Crippen molar-refractivity contribution in [3.8, 4) is 0 Å². The second-order valence-corrected chi connectivity index (χ2v) is 7.85. The number of nitrogens with zero attached hydrogens (tertiary/aromatic N) is 1. The minimum atomic E-state index is -0.393. The molecule has 0 radical (unpaired) electrons. The van der Waals surface area contributed by atoms with Gasteiger partial charge < -0.3 is 5.32 Å². The molecule has 5 nitrogen and oxygen atoms in total. The molecular formula is C24H18IN3O2. The van der Waals surface area contributed by atoms with Gasteiger partial charge in [-0.15, -0.1) is 0 Å². The van der Waals surface area contributed by atoms with Gasteiger partial charge in [0.1, 0.15) is 0 Å². The fraction of sp³-hybridized carbons (Fsp3) is 0.0417. The Morgan fingerprint density at radius 3 is 2.13 bits per heavy atom. The van der Waals surface area contributed by atoms with E-state index in [1.165, 1.54) is 0 Å². The first-order chi connectivity index (χ1) is 14.6. The summed E-state index contributed by atoms with van der Waals surface area (Å²) < 4.78 is 0.828. The van der Waals surface area contributed by atoms with Crippen LogP contribution in [0.3, 0.4) is 0 Å². The molecule has 148 valence electrons. The van der Waals surface area contributed by atoms with Crippen LogP contribution < -0.4 is 10.7 Å². The Kier molecular flexibility index (Phi) is 6.04. The first-order valence-electron chi connectivity index (χ1n) is 9.38. The molecule has 30 heavy (non-hydrogen) atoms. The van der Waals surface area contributed by atoms with Crippen LogP contribution in [0, 0.1) is 3.57 Å². The van der Waals surface area contributed by atoms with Crippen molar-refractivity contribution in [3.05, 3.63) is 93.6 Å². The van der Waals surface area contributed by atoms with Crippen LogP contribution in [-0.4, -0.2) is 24.6 Å². The van der Waals surface area contributed by atoms with E-state index >= 15 is 0 Å². The van der Waals surface area contributed by atoms with Gasteiger partial charge in [-0.3, -0.25) is 9.59 Å². The quantitative estimate of drug-likeness (QED) is 0.181. The van der Waals surface area contributed by atoms with E-state index < -0.39 is 5.91 Å². The van der Waals surface area contributed by atoms with E-state index in [4.69, 9.17) is 0 Å². The van der Waals surface area contributed by atoms with Crippen molar-refractivity contribution in [2.45, 2.75) is 0 Å². The number of carbonyl (C=O) groups excluding carboxylic acids is 2. The number of hydrogen-bond donors (Lipinski definition) is 2. The van der Waals surface area contributed by atoms with E-state index in [-0.39, 0.29) is 12.5 Å². The van der Waals surface area contributed by atoms with Gasteiger partial charge in [-0.05, 0) is 62.3 Å². The monoisotopic (exact) mass is 507 g/mol. The molecule has 2 N–H and O–H groups in total. The first-order valence-corrected chi connectivity index (χ1v) is 10.5. The van der Waals surface area contributed by atoms with Crippen LogP contribution in [0.4, 0.5) is 0 Å². The number of amides is 2. The summed E-state index contributed by atoms with van der Waals surface area (Å²) in [6.45, 7) is -0.155. The van der Waals surface area contributed by atoms with Crippen molar-refractivity contribution in [1.82, 2.24) is 10.7 Å². The molecule has 6 heteroatoms. The Balaban J connectivity index is 1.48. The lowest BCUT2D eigenvalue weighted by molar-refractivity contribution is -0.120. The number of rotatable bonds is 5. The van der Waals surface area contributed by atoms with Crippen molar-refractivity contribution < 1.29 is 9.59 Å². The topological polar surface area (TPSA) is 70.6 Å². The van der Waals surface area contributed by atoms with Crippen LogP contribution in [0.15, 0.2) is 84.0 Å². The minimum absolute atomic E-state index is 0.155. The molecule has 0 aliphatic rings. The fourth-order valence-corrected chi connectivity index (χ4v) is 3.93. The molecule has 0 saturated carbocycles. The number of benzene rings is 4. The van der Waals surface area contributed by atoms with Gasteiger partial charge in [-0.2, -0.15) is 5.10 Å². The number of halogens is 1. The van der Waals surface area contributed by atoms with Gasteiger partial charge in [0.25, 0.3) is 11.8 Å². The highest BCUT2D eigenvalue weighted by Crippen LogP contribution is 2.27.